The highest BCUT2D eigenvalue weighted by Gasteiger charge is 2.55. The molecule has 0 amide bonds. The molecule has 29 heavy (non-hydrogen) atoms. The van der Waals surface area contributed by atoms with Gasteiger partial charge in [-0.25, -0.2) is 14.4 Å². The van der Waals surface area contributed by atoms with Crippen LogP contribution in [-0.2, 0) is 33.3 Å². The molecule has 1 saturated carbocycles. The van der Waals surface area contributed by atoms with Crippen LogP contribution in [0.1, 0.15) is 31.9 Å². The first-order valence-electron chi connectivity index (χ1n) is 9.18. The Balaban J connectivity index is 1.50. The summed E-state index contributed by atoms with van der Waals surface area (Å²) in [6.45, 7) is -0.230. The minimum absolute atomic E-state index is 0.0886. The summed E-state index contributed by atoms with van der Waals surface area (Å²) in [4.78, 5) is 51.1. The zero-order valence-electron chi connectivity index (χ0n) is 15.2. The molecule has 1 aliphatic carbocycles. The molecule has 0 aromatic carbocycles. The predicted octanol–water partition coefficient (Wildman–Crippen LogP) is -0.488. The number of rotatable bonds is 6. The molecular formula is C17H19N3O9. The van der Waals surface area contributed by atoms with E-state index in [1.165, 1.54) is 12.3 Å². The summed E-state index contributed by atoms with van der Waals surface area (Å²) in [5.74, 6) is -2.56. The Morgan fingerprint density at radius 1 is 1.24 bits per heavy atom. The highest BCUT2D eigenvalue weighted by molar-refractivity contribution is 6.30. The van der Waals surface area contributed by atoms with Crippen molar-refractivity contribution in [3.63, 3.8) is 0 Å². The van der Waals surface area contributed by atoms with E-state index in [0.29, 0.717) is 12.3 Å². The average Bonchev–Trinajstić information content (AvgIpc) is 3.00. The van der Waals surface area contributed by atoms with Gasteiger partial charge in [0.15, 0.2) is 24.3 Å². The molecule has 0 bridgehead atoms. The number of aromatic nitrogens is 2. The number of carbonyl (C=O) groups is 3. The fourth-order valence-electron chi connectivity index (χ4n) is 3.51. The second-order valence-corrected chi connectivity index (χ2v) is 7.10. The van der Waals surface area contributed by atoms with Gasteiger partial charge in [-0.2, -0.15) is 4.98 Å². The molecule has 4 atom stereocenters. The maximum Gasteiger partial charge on any atom is 0.418 e. The Morgan fingerprint density at radius 3 is 2.59 bits per heavy atom. The topological polar surface area (TPSA) is 155 Å². The molecule has 0 spiro atoms. The largest absolute Gasteiger partial charge is 0.463 e. The van der Waals surface area contributed by atoms with Gasteiger partial charge in [-0.1, -0.05) is 6.42 Å². The summed E-state index contributed by atoms with van der Waals surface area (Å²) in [6.07, 6.45) is 0.392. The van der Waals surface area contributed by atoms with E-state index >= 15 is 0 Å². The van der Waals surface area contributed by atoms with Crippen molar-refractivity contribution in [2.45, 2.75) is 50.2 Å². The van der Waals surface area contributed by atoms with E-state index in [-0.39, 0.29) is 12.4 Å². The molecule has 3 fully saturated rings. The standard InChI is InChI=1S/C17H19N3O9/c21-11(6-8-2-1-3-8)26-7-9-12-13(29-16(23)15(22)28-12)14(27-9)20-5-4-10(19-25)18-17(20)24/h4-5,8-9,12-14,25H,1-3,6-7H2,(H,18,19,24)/t9-,12-,13-,14-/m1/s1. The van der Waals surface area contributed by atoms with Crippen LogP contribution in [0.25, 0.3) is 0 Å². The molecule has 3 heterocycles. The van der Waals surface area contributed by atoms with Gasteiger partial charge >= 0.3 is 23.6 Å². The molecule has 0 radical (unpaired) electrons. The van der Waals surface area contributed by atoms with Crippen molar-refractivity contribution < 1.29 is 38.5 Å². The zero-order chi connectivity index (χ0) is 20.5. The van der Waals surface area contributed by atoms with Crippen molar-refractivity contribution in [2.75, 3.05) is 12.1 Å². The minimum atomic E-state index is -1.21. The molecule has 1 aromatic rings. The number of hydrogen-bond donors (Lipinski definition) is 2. The van der Waals surface area contributed by atoms with Crippen LogP contribution in [0.4, 0.5) is 5.82 Å². The van der Waals surface area contributed by atoms with Gasteiger partial charge in [0.1, 0.15) is 12.7 Å². The molecule has 12 heteroatoms. The van der Waals surface area contributed by atoms with Crippen LogP contribution in [0.2, 0.25) is 0 Å². The number of hydrogen-bond acceptors (Lipinski definition) is 11. The van der Waals surface area contributed by atoms with Crippen LogP contribution in [0.5, 0.6) is 0 Å². The van der Waals surface area contributed by atoms with Gasteiger partial charge in [0, 0.05) is 12.6 Å². The Labute approximate surface area is 163 Å². The lowest BCUT2D eigenvalue weighted by Crippen LogP contribution is -2.48. The van der Waals surface area contributed by atoms with Gasteiger partial charge in [-0.05, 0) is 24.8 Å². The van der Waals surface area contributed by atoms with Crippen molar-refractivity contribution in [1.82, 2.24) is 9.55 Å². The second kappa shape index (κ2) is 7.79. The molecule has 2 aliphatic heterocycles. The fourth-order valence-corrected chi connectivity index (χ4v) is 3.51. The van der Waals surface area contributed by atoms with Gasteiger partial charge in [-0.3, -0.25) is 20.0 Å². The normalized spacial score (nSPS) is 28.7. The van der Waals surface area contributed by atoms with E-state index in [4.69, 9.17) is 24.2 Å². The lowest BCUT2D eigenvalue weighted by Gasteiger charge is -2.28. The summed E-state index contributed by atoms with van der Waals surface area (Å²) in [5, 5.41) is 8.85. The Kier molecular flexibility index (Phi) is 5.20. The maximum absolute atomic E-state index is 12.2. The number of anilines is 1. The van der Waals surface area contributed by atoms with Crippen LogP contribution in [0.15, 0.2) is 17.1 Å². The Bertz CT molecular complexity index is 881. The first-order valence-corrected chi connectivity index (χ1v) is 9.18. The van der Waals surface area contributed by atoms with Gasteiger partial charge in [0.2, 0.25) is 0 Å². The van der Waals surface area contributed by atoms with E-state index < -0.39 is 48.1 Å². The van der Waals surface area contributed by atoms with Crippen molar-refractivity contribution in [1.29, 1.82) is 0 Å². The van der Waals surface area contributed by atoms with Gasteiger partial charge in [-0.15, -0.1) is 0 Å². The molecule has 156 valence electrons. The molecule has 1 aromatic heterocycles. The van der Waals surface area contributed by atoms with Gasteiger partial charge < -0.3 is 18.9 Å². The maximum atomic E-state index is 12.2. The highest BCUT2D eigenvalue weighted by atomic mass is 16.7. The summed E-state index contributed by atoms with van der Waals surface area (Å²) >= 11 is 0. The first kappa shape index (κ1) is 19.3. The SMILES string of the molecule is O=C(CC1CCC1)OC[C@H]1O[C@@H](n2ccc(NO)nc2=O)[C@@H]2OC(=O)C(=O)O[C@@H]21. The average molecular weight is 409 g/mol. The highest BCUT2D eigenvalue weighted by Crippen LogP contribution is 2.36. The van der Waals surface area contributed by atoms with Gasteiger partial charge in [0.25, 0.3) is 0 Å². The van der Waals surface area contributed by atoms with Crippen LogP contribution in [0, 0.1) is 5.92 Å². The van der Waals surface area contributed by atoms with E-state index in [0.717, 1.165) is 23.8 Å². The third-order valence-electron chi connectivity index (χ3n) is 5.25. The van der Waals surface area contributed by atoms with Crippen molar-refractivity contribution in [2.24, 2.45) is 5.92 Å². The molecule has 3 aliphatic rings. The number of esters is 3. The molecular weight excluding hydrogens is 390 g/mol. The van der Waals surface area contributed by atoms with Crippen LogP contribution in [-0.4, -0.2) is 57.6 Å². The van der Waals surface area contributed by atoms with E-state index in [9.17, 15) is 19.2 Å². The third kappa shape index (κ3) is 3.80. The monoisotopic (exact) mass is 409 g/mol. The third-order valence-corrected chi connectivity index (χ3v) is 5.25. The van der Waals surface area contributed by atoms with Crippen molar-refractivity contribution >= 4 is 23.7 Å². The predicted molar refractivity (Wildman–Crippen MR) is 90.5 cm³/mol. The van der Waals surface area contributed by atoms with Crippen molar-refractivity contribution in [3.05, 3.63) is 22.7 Å². The second-order valence-electron chi connectivity index (χ2n) is 7.10. The summed E-state index contributed by atoms with van der Waals surface area (Å²) < 4.78 is 22.2. The molecule has 4 rings (SSSR count). The number of fused-ring (bicyclic) bond motifs is 1. The molecule has 2 N–H and O–H groups in total. The van der Waals surface area contributed by atoms with Crippen molar-refractivity contribution in [3.8, 4) is 0 Å². The Morgan fingerprint density at radius 2 is 1.97 bits per heavy atom. The zero-order valence-corrected chi connectivity index (χ0v) is 15.2. The van der Waals surface area contributed by atoms with Crippen LogP contribution >= 0.6 is 0 Å². The number of nitrogens with one attached hydrogen (secondary N) is 1. The minimum Gasteiger partial charge on any atom is -0.463 e. The van der Waals surface area contributed by atoms with Crippen LogP contribution < -0.4 is 11.2 Å². The summed E-state index contributed by atoms with van der Waals surface area (Å²) in [7, 11) is 0. The molecule has 12 nitrogen and oxygen atoms in total. The lowest BCUT2D eigenvalue weighted by molar-refractivity contribution is -0.195. The molecule has 2 saturated heterocycles. The first-order chi connectivity index (χ1) is 14.0. The van der Waals surface area contributed by atoms with E-state index in [1.54, 1.807) is 5.48 Å². The number of nitrogens with zero attached hydrogens (tertiary/aromatic N) is 2. The summed E-state index contributed by atoms with van der Waals surface area (Å²) in [6, 6.07) is 1.29. The fraction of sp³-hybridized carbons (Fsp3) is 0.588. The van der Waals surface area contributed by atoms with Gasteiger partial charge in [0.05, 0.1) is 0 Å². The smallest absolute Gasteiger partial charge is 0.418 e. The summed E-state index contributed by atoms with van der Waals surface area (Å²) in [5.41, 5.74) is 0.941. The molecule has 0 unspecified atom stereocenters. The van der Waals surface area contributed by atoms with E-state index in [2.05, 4.69) is 4.98 Å². The quantitative estimate of drug-likeness (QED) is 0.271. The number of ether oxygens (including phenoxy) is 4. The lowest BCUT2D eigenvalue weighted by atomic mass is 9.83. The Hall–Kier alpha value is -2.99. The van der Waals surface area contributed by atoms with E-state index in [1.807, 2.05) is 0 Å². The van der Waals surface area contributed by atoms with Crippen LogP contribution in [0.3, 0.4) is 0 Å². The number of carbonyl (C=O) groups excluding carboxylic acids is 3.